The minimum Gasteiger partial charge on any atom is -0.453 e. The van der Waals surface area contributed by atoms with Crippen LogP contribution in [0.25, 0.3) is 20.8 Å². The first-order chi connectivity index (χ1) is 15.6. The topological polar surface area (TPSA) is 71.5 Å². The molecule has 1 N–H and O–H groups in total. The van der Waals surface area contributed by atoms with Gasteiger partial charge in [-0.1, -0.05) is 42.5 Å². The van der Waals surface area contributed by atoms with Crippen molar-refractivity contribution in [3.63, 3.8) is 0 Å². The Morgan fingerprint density at radius 2 is 1.88 bits per heavy atom. The van der Waals surface area contributed by atoms with E-state index in [0.717, 1.165) is 41.8 Å². The second kappa shape index (κ2) is 8.72. The normalized spacial score (nSPS) is 13.1. The first-order valence-corrected chi connectivity index (χ1v) is 11.9. The number of nitrogens with zero attached hydrogens (tertiary/aromatic N) is 2. The fourth-order valence-electron chi connectivity index (χ4n) is 3.93. The van der Waals surface area contributed by atoms with Gasteiger partial charge in [-0.05, 0) is 29.7 Å². The molecule has 2 amide bonds. The van der Waals surface area contributed by atoms with Crippen LogP contribution >= 0.6 is 22.7 Å². The molecule has 0 bridgehead atoms. The summed E-state index contributed by atoms with van der Waals surface area (Å²) in [6, 6.07) is 17.7. The van der Waals surface area contributed by atoms with Gasteiger partial charge in [-0.2, -0.15) is 0 Å². The van der Waals surface area contributed by atoms with E-state index < -0.39 is 0 Å². The van der Waals surface area contributed by atoms with E-state index in [1.807, 2.05) is 48.5 Å². The number of benzene rings is 2. The third kappa shape index (κ3) is 3.99. The number of carbonyl (C=O) groups is 2. The van der Waals surface area contributed by atoms with Crippen LogP contribution in [-0.4, -0.2) is 35.5 Å². The highest BCUT2D eigenvalue weighted by molar-refractivity contribution is 7.22. The predicted octanol–water partition coefficient (Wildman–Crippen LogP) is 5.33. The van der Waals surface area contributed by atoms with E-state index in [0.29, 0.717) is 25.9 Å². The van der Waals surface area contributed by atoms with Gasteiger partial charge in [0.15, 0.2) is 0 Å². The fraction of sp³-hybridized carbons (Fsp3) is 0.208. The molecule has 0 saturated heterocycles. The van der Waals surface area contributed by atoms with Gasteiger partial charge in [0.2, 0.25) is 5.91 Å². The molecule has 0 unspecified atom stereocenters. The van der Waals surface area contributed by atoms with Crippen LogP contribution in [0.3, 0.4) is 0 Å². The molecule has 4 aromatic rings. The summed E-state index contributed by atoms with van der Waals surface area (Å²) in [5.41, 5.74) is 4.05. The van der Waals surface area contributed by atoms with Gasteiger partial charge in [0.05, 0.1) is 30.3 Å². The number of anilines is 1. The van der Waals surface area contributed by atoms with Gasteiger partial charge in [0, 0.05) is 17.0 Å². The van der Waals surface area contributed by atoms with Crippen LogP contribution in [0.15, 0.2) is 54.6 Å². The summed E-state index contributed by atoms with van der Waals surface area (Å²) in [5.74, 6) is -0.0676. The first-order valence-electron chi connectivity index (χ1n) is 10.3. The number of amides is 2. The molecule has 2 aromatic heterocycles. The van der Waals surface area contributed by atoms with E-state index in [1.165, 1.54) is 18.4 Å². The number of hydrogen-bond donors (Lipinski definition) is 1. The van der Waals surface area contributed by atoms with Crippen LogP contribution in [0.5, 0.6) is 0 Å². The molecule has 0 aliphatic carbocycles. The van der Waals surface area contributed by atoms with Crippen molar-refractivity contribution in [2.75, 3.05) is 19.0 Å². The third-order valence-corrected chi connectivity index (χ3v) is 7.64. The molecule has 3 heterocycles. The number of methoxy groups -OCH3 is 1. The van der Waals surface area contributed by atoms with Crippen LogP contribution < -0.4 is 5.32 Å². The Bertz CT molecular complexity index is 1260. The maximum atomic E-state index is 12.9. The van der Waals surface area contributed by atoms with Gasteiger partial charge in [-0.3, -0.25) is 4.79 Å². The Hall–Kier alpha value is -3.23. The van der Waals surface area contributed by atoms with Crippen LogP contribution in [0.1, 0.15) is 16.0 Å². The predicted molar refractivity (Wildman–Crippen MR) is 128 cm³/mol. The highest BCUT2D eigenvalue weighted by Crippen LogP contribution is 2.45. The summed E-state index contributed by atoms with van der Waals surface area (Å²) < 4.78 is 6.02. The van der Waals surface area contributed by atoms with Gasteiger partial charge in [0.1, 0.15) is 10.0 Å². The third-order valence-electron chi connectivity index (χ3n) is 5.46. The second-order valence-electron chi connectivity index (χ2n) is 7.55. The molecule has 1 aliphatic heterocycles. The molecule has 162 valence electrons. The lowest BCUT2D eigenvalue weighted by molar-refractivity contribution is -0.115. The summed E-state index contributed by atoms with van der Waals surface area (Å²) in [6.45, 7) is 1.05. The first kappa shape index (κ1) is 20.7. The van der Waals surface area contributed by atoms with E-state index in [-0.39, 0.29) is 12.0 Å². The van der Waals surface area contributed by atoms with Crippen molar-refractivity contribution < 1.29 is 14.3 Å². The summed E-state index contributed by atoms with van der Waals surface area (Å²) in [6.07, 6.45) is 0.665. The van der Waals surface area contributed by atoms with Crippen molar-refractivity contribution in [2.45, 2.75) is 19.4 Å². The molecule has 0 spiro atoms. The Balaban J connectivity index is 1.52. The molecular formula is C24H21N3O3S2. The van der Waals surface area contributed by atoms with Gasteiger partial charge >= 0.3 is 6.09 Å². The van der Waals surface area contributed by atoms with Gasteiger partial charge in [-0.15, -0.1) is 22.7 Å². The minimum absolute atomic E-state index is 0.0676. The van der Waals surface area contributed by atoms with Crippen LogP contribution in [0, 0.1) is 0 Å². The average Bonchev–Trinajstić information content (AvgIpc) is 3.38. The SMILES string of the molecule is COC(=O)N1CCc2c(sc(NC(=O)Cc3ccccc3)c2-c2nc3ccccc3s2)C1. The van der Waals surface area contributed by atoms with Crippen molar-refractivity contribution in [3.05, 3.63) is 70.6 Å². The molecule has 6 nitrogen and oxygen atoms in total. The zero-order valence-electron chi connectivity index (χ0n) is 17.5. The number of hydrogen-bond acceptors (Lipinski definition) is 6. The molecule has 0 radical (unpaired) electrons. The van der Waals surface area contributed by atoms with Gasteiger partial charge < -0.3 is 15.0 Å². The van der Waals surface area contributed by atoms with Crippen LogP contribution in [0.2, 0.25) is 0 Å². The van der Waals surface area contributed by atoms with E-state index in [2.05, 4.69) is 11.4 Å². The number of para-hydroxylation sites is 1. The smallest absolute Gasteiger partial charge is 0.409 e. The molecule has 5 rings (SSSR count). The Morgan fingerprint density at radius 1 is 1.09 bits per heavy atom. The summed E-state index contributed by atoms with van der Waals surface area (Å²) in [7, 11) is 1.40. The lowest BCUT2D eigenvalue weighted by atomic mass is 10.0. The number of ether oxygens (including phenoxy) is 1. The summed E-state index contributed by atoms with van der Waals surface area (Å²) in [4.78, 5) is 32.5. The van der Waals surface area contributed by atoms with Crippen molar-refractivity contribution in [1.82, 2.24) is 9.88 Å². The Labute approximate surface area is 193 Å². The molecule has 0 saturated carbocycles. The monoisotopic (exact) mass is 463 g/mol. The van der Waals surface area contributed by atoms with Crippen molar-refractivity contribution in [3.8, 4) is 10.6 Å². The Kier molecular flexibility index (Phi) is 5.63. The van der Waals surface area contributed by atoms with Gasteiger partial charge in [0.25, 0.3) is 0 Å². The number of nitrogens with one attached hydrogen (secondary N) is 1. The highest BCUT2D eigenvalue weighted by Gasteiger charge is 2.29. The van der Waals surface area contributed by atoms with Crippen molar-refractivity contribution >= 4 is 49.9 Å². The average molecular weight is 464 g/mol. The lowest BCUT2D eigenvalue weighted by Crippen LogP contribution is -2.35. The van der Waals surface area contributed by atoms with Gasteiger partial charge in [-0.25, -0.2) is 9.78 Å². The second-order valence-corrected chi connectivity index (χ2v) is 9.68. The van der Waals surface area contributed by atoms with Crippen LogP contribution in [0.4, 0.5) is 9.80 Å². The highest BCUT2D eigenvalue weighted by atomic mass is 32.1. The van der Waals surface area contributed by atoms with E-state index in [1.54, 1.807) is 16.2 Å². The number of carbonyl (C=O) groups excluding carboxylic acids is 2. The zero-order chi connectivity index (χ0) is 22.1. The standard InChI is InChI=1S/C24H21N3O3S2/c1-30-24(29)27-12-11-16-19(14-27)32-23(26-20(28)13-15-7-3-2-4-8-15)21(16)22-25-17-9-5-6-10-18(17)31-22/h2-10H,11-14H2,1H3,(H,26,28). The molecule has 0 fully saturated rings. The van der Waals surface area contributed by atoms with E-state index in [9.17, 15) is 9.59 Å². The summed E-state index contributed by atoms with van der Waals surface area (Å²) >= 11 is 3.15. The molecule has 32 heavy (non-hydrogen) atoms. The van der Waals surface area contributed by atoms with Crippen molar-refractivity contribution in [1.29, 1.82) is 0 Å². The molecule has 0 atom stereocenters. The molecule has 2 aromatic carbocycles. The quantitative estimate of drug-likeness (QED) is 0.444. The van der Waals surface area contributed by atoms with E-state index in [4.69, 9.17) is 9.72 Å². The zero-order valence-corrected chi connectivity index (χ0v) is 19.1. The number of rotatable bonds is 4. The van der Waals surface area contributed by atoms with Crippen LogP contribution in [-0.2, 0) is 28.9 Å². The number of thiazole rings is 1. The minimum atomic E-state index is -0.333. The fourth-order valence-corrected chi connectivity index (χ4v) is 6.32. The summed E-state index contributed by atoms with van der Waals surface area (Å²) in [5, 5.41) is 4.82. The maximum absolute atomic E-state index is 12.9. The molecule has 8 heteroatoms. The maximum Gasteiger partial charge on any atom is 0.409 e. The largest absolute Gasteiger partial charge is 0.453 e. The lowest BCUT2D eigenvalue weighted by Gasteiger charge is -2.25. The number of fused-ring (bicyclic) bond motifs is 2. The van der Waals surface area contributed by atoms with Crippen molar-refractivity contribution in [2.24, 2.45) is 0 Å². The number of thiophene rings is 1. The molecular weight excluding hydrogens is 442 g/mol. The Morgan fingerprint density at radius 3 is 2.66 bits per heavy atom. The number of aromatic nitrogens is 1. The van der Waals surface area contributed by atoms with E-state index >= 15 is 0 Å². The molecule has 1 aliphatic rings.